The molecule has 4 rings (SSSR count). The third-order valence-electron chi connectivity index (χ3n) is 7.54. The topological polar surface area (TPSA) is 83.1 Å². The van der Waals surface area contributed by atoms with Crippen molar-refractivity contribution in [2.75, 3.05) is 33.1 Å². The Bertz CT molecular complexity index is 1170. The number of nitrogens with zero attached hydrogens (tertiary/aromatic N) is 1. The number of alkyl halides is 3. The number of likely N-dealkylation sites (N-methyl/N-ethyl adjacent to an activating group) is 1. The van der Waals surface area contributed by atoms with E-state index in [2.05, 4.69) is 66.8 Å². The second-order valence-electron chi connectivity index (χ2n) is 10.2. The third kappa shape index (κ3) is 7.33. The summed E-state index contributed by atoms with van der Waals surface area (Å²) in [7, 11) is 5.65. The van der Waals surface area contributed by atoms with Crippen LogP contribution in [-0.2, 0) is 10.2 Å². The van der Waals surface area contributed by atoms with Crippen molar-refractivity contribution in [2.45, 2.75) is 63.2 Å². The number of methoxy groups -OCH3 is 2. The lowest BCUT2D eigenvalue weighted by Crippen LogP contribution is -2.52. The number of likely N-dealkylation sites (tertiary alicyclic amines) is 1. The molecule has 1 heterocycles. The van der Waals surface area contributed by atoms with Gasteiger partial charge in [0.1, 0.15) is 0 Å². The number of anilines is 1. The van der Waals surface area contributed by atoms with Crippen molar-refractivity contribution >= 4 is 29.0 Å². The lowest BCUT2D eigenvalue weighted by atomic mass is 9.65. The number of thiocarbonyl (C=S) groups is 1. The molecule has 3 N–H and O–H groups in total. The van der Waals surface area contributed by atoms with Gasteiger partial charge < -0.3 is 30.1 Å². The normalized spacial score (nSPS) is 22.7. The van der Waals surface area contributed by atoms with Gasteiger partial charge in [-0.05, 0) is 106 Å². The molecule has 1 aliphatic carbocycles. The van der Waals surface area contributed by atoms with Crippen LogP contribution in [0.2, 0.25) is 0 Å². The summed E-state index contributed by atoms with van der Waals surface area (Å²) in [5.41, 5.74) is 5.03. The molecule has 0 spiro atoms. The summed E-state index contributed by atoms with van der Waals surface area (Å²) >= 11 is 5.67. The standard InChI is InChI=1S/C26H35N3O2S.C2HF3O2/c1-17-12-18(2)14-21(13-17)28-25(32)27-20-8-9-26(10-11-29(3)24(26)16-20)19-6-7-22(30-4)23(15-19)31-5;3-2(4,5)1(6)7/h6-7,12-15,20,24H,8-11,16H2,1-5H3,(H2,27,28,32);(H,6,7)/t20-,24+,26+;/m1./s1. The molecule has 39 heavy (non-hydrogen) atoms. The van der Waals surface area contributed by atoms with Crippen molar-refractivity contribution in [2.24, 2.45) is 0 Å². The SMILES string of the molecule is COc1ccc([C@@]23CC[C@@H](NC(=S)Nc4cc(C)cc(C)c4)C[C@@H]2N(C)CC3)cc1OC.O=C(O)C(F)(F)F. The van der Waals surface area contributed by atoms with Gasteiger partial charge in [-0.1, -0.05) is 12.1 Å². The van der Waals surface area contributed by atoms with E-state index in [-0.39, 0.29) is 5.41 Å². The van der Waals surface area contributed by atoms with E-state index in [0.29, 0.717) is 17.2 Å². The largest absolute Gasteiger partial charge is 0.493 e. The number of nitrogens with one attached hydrogen (secondary N) is 2. The number of ether oxygens (including phenoxy) is 2. The maximum atomic E-state index is 10.6. The Hall–Kier alpha value is -3.05. The average molecular weight is 568 g/mol. The minimum absolute atomic E-state index is 0.148. The summed E-state index contributed by atoms with van der Waals surface area (Å²) in [6.45, 7) is 5.33. The first kappa shape index (κ1) is 30.5. The molecule has 0 radical (unpaired) electrons. The molecule has 1 aliphatic heterocycles. The number of hydrogen-bond donors (Lipinski definition) is 3. The molecule has 0 aromatic heterocycles. The Morgan fingerprint density at radius 3 is 2.26 bits per heavy atom. The molecule has 0 amide bonds. The highest BCUT2D eigenvalue weighted by molar-refractivity contribution is 7.80. The number of aliphatic carboxylic acids is 1. The lowest BCUT2D eigenvalue weighted by Gasteiger charge is -2.45. The van der Waals surface area contributed by atoms with Crippen LogP contribution in [-0.4, -0.2) is 67.2 Å². The second-order valence-corrected chi connectivity index (χ2v) is 10.6. The van der Waals surface area contributed by atoms with Gasteiger partial charge in [-0.3, -0.25) is 0 Å². The number of carbonyl (C=O) groups is 1. The van der Waals surface area contributed by atoms with E-state index >= 15 is 0 Å². The summed E-state index contributed by atoms with van der Waals surface area (Å²) in [5.74, 6) is -1.16. The molecule has 2 aromatic carbocycles. The van der Waals surface area contributed by atoms with Gasteiger partial charge >= 0.3 is 12.1 Å². The van der Waals surface area contributed by atoms with Crippen LogP contribution in [0.5, 0.6) is 11.5 Å². The van der Waals surface area contributed by atoms with Crippen molar-refractivity contribution in [3.63, 3.8) is 0 Å². The van der Waals surface area contributed by atoms with Crippen LogP contribution >= 0.6 is 12.2 Å². The van der Waals surface area contributed by atoms with Crippen LogP contribution in [0.1, 0.15) is 42.4 Å². The van der Waals surface area contributed by atoms with Crippen LogP contribution in [0.15, 0.2) is 36.4 Å². The fraction of sp³-hybridized carbons (Fsp3) is 0.500. The van der Waals surface area contributed by atoms with Gasteiger partial charge in [-0.25, -0.2) is 4.79 Å². The minimum Gasteiger partial charge on any atom is -0.493 e. The van der Waals surface area contributed by atoms with Crippen LogP contribution in [0.3, 0.4) is 0 Å². The highest BCUT2D eigenvalue weighted by Gasteiger charge is 2.50. The number of aryl methyl sites for hydroxylation is 2. The summed E-state index contributed by atoms with van der Waals surface area (Å²) in [4.78, 5) is 11.4. The maximum absolute atomic E-state index is 10.6. The summed E-state index contributed by atoms with van der Waals surface area (Å²) in [6.07, 6.45) is -0.629. The van der Waals surface area contributed by atoms with Crippen LogP contribution in [0.4, 0.5) is 18.9 Å². The van der Waals surface area contributed by atoms with Gasteiger partial charge in [-0.2, -0.15) is 13.2 Å². The molecular formula is C28H36F3N3O4S. The molecule has 7 nitrogen and oxygen atoms in total. The van der Waals surface area contributed by atoms with E-state index < -0.39 is 12.1 Å². The molecule has 2 fully saturated rings. The maximum Gasteiger partial charge on any atom is 0.490 e. The quantitative estimate of drug-likeness (QED) is 0.413. The molecule has 2 aliphatic rings. The highest BCUT2D eigenvalue weighted by Crippen LogP contribution is 2.49. The summed E-state index contributed by atoms with van der Waals surface area (Å²) in [5, 5.41) is 14.8. The zero-order valence-corrected chi connectivity index (χ0v) is 23.6. The van der Waals surface area contributed by atoms with Gasteiger partial charge in [-0.15, -0.1) is 0 Å². The van der Waals surface area contributed by atoms with Gasteiger partial charge in [0.25, 0.3) is 0 Å². The van der Waals surface area contributed by atoms with E-state index in [1.54, 1.807) is 14.2 Å². The van der Waals surface area contributed by atoms with Gasteiger partial charge in [0.2, 0.25) is 0 Å². The second kappa shape index (κ2) is 12.4. The van der Waals surface area contributed by atoms with Crippen molar-refractivity contribution in [3.05, 3.63) is 53.1 Å². The van der Waals surface area contributed by atoms with Crippen LogP contribution in [0, 0.1) is 13.8 Å². The molecule has 1 saturated carbocycles. The Kier molecular flexibility index (Phi) is 9.71. The number of hydrogen-bond acceptors (Lipinski definition) is 5. The summed E-state index contributed by atoms with van der Waals surface area (Å²) < 4.78 is 42.8. The van der Waals surface area contributed by atoms with E-state index in [9.17, 15) is 13.2 Å². The Labute approximate surface area is 232 Å². The zero-order chi connectivity index (χ0) is 29.0. The molecule has 2 aromatic rings. The number of benzene rings is 2. The Morgan fingerprint density at radius 2 is 1.69 bits per heavy atom. The number of halogens is 3. The van der Waals surface area contributed by atoms with Gasteiger partial charge in [0.05, 0.1) is 14.2 Å². The Balaban J connectivity index is 0.000000532. The van der Waals surface area contributed by atoms with Crippen LogP contribution < -0.4 is 20.1 Å². The number of carboxylic acids is 1. The fourth-order valence-electron chi connectivity index (χ4n) is 5.79. The predicted molar refractivity (Wildman–Crippen MR) is 149 cm³/mol. The first-order chi connectivity index (χ1) is 18.3. The Morgan fingerprint density at radius 1 is 1.08 bits per heavy atom. The molecule has 11 heteroatoms. The van der Waals surface area contributed by atoms with E-state index in [4.69, 9.17) is 31.6 Å². The van der Waals surface area contributed by atoms with Gasteiger partial charge in [0, 0.05) is 23.2 Å². The smallest absolute Gasteiger partial charge is 0.490 e. The van der Waals surface area contributed by atoms with Crippen LogP contribution in [0.25, 0.3) is 0 Å². The van der Waals surface area contributed by atoms with E-state index in [1.165, 1.54) is 23.1 Å². The minimum atomic E-state index is -5.08. The van der Waals surface area contributed by atoms with Crippen molar-refractivity contribution in [3.8, 4) is 11.5 Å². The van der Waals surface area contributed by atoms with E-state index in [1.807, 2.05) is 6.07 Å². The molecule has 214 valence electrons. The molecule has 1 saturated heterocycles. The molecule has 3 atom stereocenters. The van der Waals surface area contributed by atoms with Gasteiger partial charge in [0.15, 0.2) is 16.6 Å². The first-order valence-corrected chi connectivity index (χ1v) is 13.1. The zero-order valence-electron chi connectivity index (χ0n) is 22.8. The van der Waals surface area contributed by atoms with E-state index in [0.717, 1.165) is 43.0 Å². The monoisotopic (exact) mass is 567 g/mol. The van der Waals surface area contributed by atoms with Crippen molar-refractivity contribution in [1.29, 1.82) is 0 Å². The lowest BCUT2D eigenvalue weighted by molar-refractivity contribution is -0.192. The number of rotatable bonds is 5. The van der Waals surface area contributed by atoms with Crippen molar-refractivity contribution in [1.82, 2.24) is 10.2 Å². The number of carboxylic acid groups (broad SMARTS) is 1. The highest BCUT2D eigenvalue weighted by atomic mass is 32.1. The molecular weight excluding hydrogens is 531 g/mol. The first-order valence-electron chi connectivity index (χ1n) is 12.7. The predicted octanol–water partition coefficient (Wildman–Crippen LogP) is 5.43. The molecule has 0 bridgehead atoms. The average Bonchev–Trinajstić information content (AvgIpc) is 3.19. The van der Waals surface area contributed by atoms with Crippen molar-refractivity contribution < 1.29 is 32.5 Å². The molecule has 0 unspecified atom stereocenters. The number of fused-ring (bicyclic) bond motifs is 1. The summed E-state index contributed by atoms with van der Waals surface area (Å²) in [6, 6.07) is 13.7. The fourth-order valence-corrected chi connectivity index (χ4v) is 6.08. The third-order valence-corrected chi connectivity index (χ3v) is 7.76.